The zero-order valence-corrected chi connectivity index (χ0v) is 14.9. The average Bonchev–Trinajstić information content (AvgIpc) is 2.78. The highest BCUT2D eigenvalue weighted by molar-refractivity contribution is 7.99. The zero-order valence-electron chi connectivity index (χ0n) is 14.0. The number of aromatic nitrogens is 1. The van der Waals surface area contributed by atoms with Crippen molar-refractivity contribution in [3.63, 3.8) is 0 Å². The van der Waals surface area contributed by atoms with E-state index >= 15 is 0 Å². The molecule has 0 radical (unpaired) electrons. The molecular weight excluding hydrogens is 284 g/mol. The van der Waals surface area contributed by atoms with Crippen LogP contribution in [0.2, 0.25) is 0 Å². The Bertz CT molecular complexity index is 449. The summed E-state index contributed by atoms with van der Waals surface area (Å²) in [7, 11) is 1.80. The van der Waals surface area contributed by atoms with Gasteiger partial charge in [-0.15, -0.1) is 0 Å². The van der Waals surface area contributed by atoms with Crippen LogP contribution >= 0.6 is 11.8 Å². The second kappa shape index (κ2) is 8.32. The Hall–Kier alpha value is -1.17. The number of rotatable bonds is 7. The van der Waals surface area contributed by atoms with Crippen LogP contribution in [0, 0.1) is 13.8 Å². The quantitative estimate of drug-likeness (QED) is 0.460. The minimum atomic E-state index is 0.203. The molecule has 21 heavy (non-hydrogen) atoms. The van der Waals surface area contributed by atoms with Gasteiger partial charge in [-0.1, -0.05) is 5.16 Å². The second-order valence-electron chi connectivity index (χ2n) is 5.72. The summed E-state index contributed by atoms with van der Waals surface area (Å²) in [4.78, 5) is 4.25. The summed E-state index contributed by atoms with van der Waals surface area (Å²) in [6.07, 6.45) is 4.12. The van der Waals surface area contributed by atoms with E-state index in [1.54, 1.807) is 7.05 Å². The number of hydrogen-bond acceptors (Lipinski definition) is 4. The van der Waals surface area contributed by atoms with Crippen molar-refractivity contribution in [3.05, 3.63) is 17.0 Å². The van der Waals surface area contributed by atoms with Crippen LogP contribution in [0.15, 0.2) is 9.52 Å². The van der Waals surface area contributed by atoms with Gasteiger partial charge in [-0.3, -0.25) is 4.99 Å². The van der Waals surface area contributed by atoms with Gasteiger partial charge in [-0.25, -0.2) is 0 Å². The van der Waals surface area contributed by atoms with Crippen LogP contribution in [-0.4, -0.2) is 42.3 Å². The molecule has 2 N–H and O–H groups in total. The number of aliphatic imine (C=N–C) groups is 1. The molecular formula is C15H28N4OS. The Morgan fingerprint density at radius 2 is 2.05 bits per heavy atom. The van der Waals surface area contributed by atoms with Crippen molar-refractivity contribution in [1.29, 1.82) is 0 Å². The molecule has 0 fully saturated rings. The van der Waals surface area contributed by atoms with Crippen LogP contribution < -0.4 is 10.6 Å². The van der Waals surface area contributed by atoms with E-state index in [1.165, 1.54) is 5.56 Å². The smallest absolute Gasteiger partial charge is 0.191 e. The highest BCUT2D eigenvalue weighted by Crippen LogP contribution is 2.19. The number of aryl methyl sites for hydroxylation is 2. The van der Waals surface area contributed by atoms with Gasteiger partial charge in [0.15, 0.2) is 5.96 Å². The van der Waals surface area contributed by atoms with Gasteiger partial charge in [0.1, 0.15) is 5.76 Å². The Morgan fingerprint density at radius 3 is 2.57 bits per heavy atom. The molecule has 120 valence electrons. The first-order valence-electron chi connectivity index (χ1n) is 7.31. The lowest BCUT2D eigenvalue weighted by Gasteiger charge is -2.23. The molecule has 0 unspecified atom stereocenters. The molecule has 0 aromatic carbocycles. The number of thioether (sulfide) groups is 1. The maximum absolute atomic E-state index is 5.17. The van der Waals surface area contributed by atoms with Gasteiger partial charge in [0.2, 0.25) is 0 Å². The molecule has 0 saturated heterocycles. The van der Waals surface area contributed by atoms with E-state index in [0.717, 1.165) is 43.3 Å². The summed E-state index contributed by atoms with van der Waals surface area (Å²) in [5.74, 6) is 1.78. The fourth-order valence-electron chi connectivity index (χ4n) is 1.92. The van der Waals surface area contributed by atoms with E-state index in [1.807, 2.05) is 25.6 Å². The fourth-order valence-corrected chi connectivity index (χ4v) is 2.14. The lowest BCUT2D eigenvalue weighted by molar-refractivity contribution is 0.392. The molecule has 0 saturated carbocycles. The van der Waals surface area contributed by atoms with Crippen molar-refractivity contribution in [2.75, 3.05) is 26.4 Å². The van der Waals surface area contributed by atoms with Crippen LogP contribution in [0.5, 0.6) is 0 Å². The monoisotopic (exact) mass is 312 g/mol. The molecule has 1 aromatic heterocycles. The third-order valence-corrected chi connectivity index (χ3v) is 4.78. The first-order valence-corrected chi connectivity index (χ1v) is 8.53. The summed E-state index contributed by atoms with van der Waals surface area (Å²) in [5.41, 5.74) is 2.22. The second-order valence-corrected chi connectivity index (χ2v) is 7.24. The maximum atomic E-state index is 5.17. The van der Waals surface area contributed by atoms with Crippen molar-refractivity contribution in [3.8, 4) is 0 Å². The van der Waals surface area contributed by atoms with Crippen LogP contribution in [0.3, 0.4) is 0 Å². The average molecular weight is 312 g/mol. The van der Waals surface area contributed by atoms with E-state index in [0.29, 0.717) is 0 Å². The van der Waals surface area contributed by atoms with Crippen LogP contribution in [0.25, 0.3) is 0 Å². The molecule has 0 aliphatic heterocycles. The van der Waals surface area contributed by atoms with Crippen molar-refractivity contribution < 1.29 is 4.52 Å². The number of nitrogens with one attached hydrogen (secondary N) is 2. The van der Waals surface area contributed by atoms with Crippen LogP contribution in [-0.2, 0) is 6.42 Å². The fraction of sp³-hybridized carbons (Fsp3) is 0.733. The van der Waals surface area contributed by atoms with Gasteiger partial charge in [-0.05, 0) is 46.8 Å². The van der Waals surface area contributed by atoms with Crippen molar-refractivity contribution in [2.45, 2.75) is 45.3 Å². The van der Waals surface area contributed by atoms with Gasteiger partial charge in [-0.2, -0.15) is 11.8 Å². The predicted octanol–water partition coefficient (Wildman–Crippen LogP) is 2.53. The van der Waals surface area contributed by atoms with E-state index in [9.17, 15) is 0 Å². The Kier molecular flexibility index (Phi) is 7.08. The zero-order chi connectivity index (χ0) is 15.9. The molecule has 0 aliphatic rings. The van der Waals surface area contributed by atoms with Crippen molar-refractivity contribution >= 4 is 17.7 Å². The standard InChI is InChI=1S/C15H28N4OS/c1-11-13(12(2)20-19-11)8-7-9-17-14(16-5)18-10-15(3,4)21-6/h7-10H2,1-6H3,(H2,16,17,18). The van der Waals surface area contributed by atoms with Gasteiger partial charge < -0.3 is 15.2 Å². The number of hydrogen-bond donors (Lipinski definition) is 2. The first-order chi connectivity index (χ1) is 9.89. The molecule has 0 atom stereocenters. The molecule has 0 amide bonds. The van der Waals surface area contributed by atoms with Crippen LogP contribution in [0.4, 0.5) is 0 Å². The van der Waals surface area contributed by atoms with E-state index < -0.39 is 0 Å². The van der Waals surface area contributed by atoms with Gasteiger partial charge >= 0.3 is 0 Å². The number of nitrogens with zero attached hydrogens (tertiary/aromatic N) is 2. The largest absolute Gasteiger partial charge is 0.361 e. The van der Waals surface area contributed by atoms with E-state index in [2.05, 4.69) is 40.9 Å². The summed E-state index contributed by atoms with van der Waals surface area (Å²) >= 11 is 1.85. The third kappa shape index (κ3) is 5.99. The van der Waals surface area contributed by atoms with Gasteiger partial charge in [0.05, 0.1) is 5.69 Å². The summed E-state index contributed by atoms with van der Waals surface area (Å²) in [5, 5.41) is 10.7. The SMILES string of the molecule is CN=C(NCCCc1c(C)noc1C)NCC(C)(C)SC. The maximum Gasteiger partial charge on any atom is 0.191 e. The van der Waals surface area contributed by atoms with Crippen LogP contribution in [0.1, 0.15) is 37.3 Å². The highest BCUT2D eigenvalue weighted by atomic mass is 32.2. The van der Waals surface area contributed by atoms with Gasteiger partial charge in [0.25, 0.3) is 0 Å². The Balaban J connectivity index is 2.30. The first kappa shape index (κ1) is 17.9. The molecule has 5 nitrogen and oxygen atoms in total. The summed E-state index contributed by atoms with van der Waals surface area (Å²) in [6.45, 7) is 10.2. The molecule has 1 aromatic rings. The third-order valence-electron chi connectivity index (χ3n) is 3.53. The summed E-state index contributed by atoms with van der Waals surface area (Å²) in [6, 6.07) is 0. The molecule has 0 bridgehead atoms. The van der Waals surface area contributed by atoms with E-state index in [4.69, 9.17) is 4.52 Å². The summed E-state index contributed by atoms with van der Waals surface area (Å²) < 4.78 is 5.38. The van der Waals surface area contributed by atoms with Crippen molar-refractivity contribution in [2.24, 2.45) is 4.99 Å². The highest BCUT2D eigenvalue weighted by Gasteiger charge is 2.16. The minimum Gasteiger partial charge on any atom is -0.361 e. The molecule has 1 rings (SSSR count). The molecule has 1 heterocycles. The normalized spacial score (nSPS) is 12.6. The molecule has 6 heteroatoms. The molecule has 0 spiro atoms. The Labute approximate surface area is 132 Å². The van der Waals surface area contributed by atoms with E-state index in [-0.39, 0.29) is 4.75 Å². The lowest BCUT2D eigenvalue weighted by Crippen LogP contribution is -2.43. The number of guanidine groups is 1. The van der Waals surface area contributed by atoms with Gasteiger partial charge in [0, 0.05) is 30.4 Å². The van der Waals surface area contributed by atoms with Crippen molar-refractivity contribution in [1.82, 2.24) is 15.8 Å². The topological polar surface area (TPSA) is 62.5 Å². The predicted molar refractivity (Wildman–Crippen MR) is 91.3 cm³/mol. The Morgan fingerprint density at radius 1 is 1.33 bits per heavy atom. The molecule has 0 aliphatic carbocycles. The lowest BCUT2D eigenvalue weighted by atomic mass is 10.1. The minimum absolute atomic E-state index is 0.203.